The third-order valence-corrected chi connectivity index (χ3v) is 9.02. The molecule has 2 N–H and O–H groups in total. The summed E-state index contributed by atoms with van der Waals surface area (Å²) in [5, 5.41) is 13.2. The van der Waals surface area contributed by atoms with Gasteiger partial charge in [-0.05, 0) is 66.6 Å². The first-order valence-corrected chi connectivity index (χ1v) is 15.5. The van der Waals surface area contributed by atoms with Gasteiger partial charge in [0, 0.05) is 25.4 Å². The summed E-state index contributed by atoms with van der Waals surface area (Å²) >= 11 is 0. The van der Waals surface area contributed by atoms with Crippen LogP contribution in [-0.2, 0) is 38.7 Å². The van der Waals surface area contributed by atoms with Crippen LogP contribution in [0.2, 0.25) is 0 Å². The van der Waals surface area contributed by atoms with Crippen molar-refractivity contribution in [2.24, 2.45) is 0 Å². The lowest BCUT2D eigenvalue weighted by atomic mass is 10.0. The number of rotatable bonds is 8. The lowest BCUT2D eigenvalue weighted by Crippen LogP contribution is -2.43. The molecule has 2 amide bonds. The minimum Gasteiger partial charge on any atom is -0.380 e. The molecule has 2 aromatic carbocycles. The van der Waals surface area contributed by atoms with E-state index in [0.29, 0.717) is 29.2 Å². The van der Waals surface area contributed by atoms with E-state index in [1.807, 2.05) is 4.90 Å². The second kappa shape index (κ2) is 10.3. The Morgan fingerprint density at radius 2 is 1.74 bits per heavy atom. The minimum atomic E-state index is -4.42. The second-order valence-electron chi connectivity index (χ2n) is 11.3. The van der Waals surface area contributed by atoms with Crippen LogP contribution < -0.4 is 10.2 Å². The van der Waals surface area contributed by atoms with Crippen LogP contribution in [0, 0.1) is 0 Å². The molecule has 6 rings (SSSR count). The van der Waals surface area contributed by atoms with E-state index in [1.54, 1.807) is 0 Å². The Kier molecular flexibility index (Phi) is 6.96. The van der Waals surface area contributed by atoms with Gasteiger partial charge in [0.05, 0.1) is 28.5 Å². The topological polar surface area (TPSA) is 133 Å². The summed E-state index contributed by atoms with van der Waals surface area (Å²) < 4.78 is 63.0. The Balaban J connectivity index is 1.20. The zero-order chi connectivity index (χ0) is 30.7. The highest BCUT2D eigenvalue weighted by Gasteiger charge is 2.54. The summed E-state index contributed by atoms with van der Waals surface area (Å²) in [4.78, 5) is 38.7. The molecule has 1 aliphatic heterocycles. The predicted molar refractivity (Wildman–Crippen MR) is 148 cm³/mol. The highest BCUT2D eigenvalue weighted by atomic mass is 32.2. The Bertz CT molecular complexity index is 1690. The number of benzene rings is 2. The number of sulfone groups is 1. The summed E-state index contributed by atoms with van der Waals surface area (Å²) in [6.45, 7) is 0.274. The van der Waals surface area contributed by atoms with Gasteiger partial charge in [-0.3, -0.25) is 9.59 Å². The van der Waals surface area contributed by atoms with Crippen LogP contribution in [0.5, 0.6) is 0 Å². The molecule has 2 saturated carbocycles. The van der Waals surface area contributed by atoms with Crippen molar-refractivity contribution in [1.82, 2.24) is 14.9 Å². The predicted octanol–water partition coefficient (Wildman–Crippen LogP) is 3.61. The average Bonchev–Trinajstić information content (AvgIpc) is 3.89. The molecule has 0 spiro atoms. The third kappa shape index (κ3) is 5.93. The molecule has 3 aromatic rings. The summed E-state index contributed by atoms with van der Waals surface area (Å²) in [5.74, 6) is -0.823. The fraction of sp³-hybridized carbons (Fsp3) is 0.379. The summed E-state index contributed by atoms with van der Waals surface area (Å²) in [6.07, 6.45) is 1.81. The van der Waals surface area contributed by atoms with Crippen LogP contribution in [0.4, 0.5) is 24.8 Å². The van der Waals surface area contributed by atoms with Gasteiger partial charge >= 0.3 is 6.18 Å². The van der Waals surface area contributed by atoms with Gasteiger partial charge in [0.2, 0.25) is 5.95 Å². The van der Waals surface area contributed by atoms with Crippen LogP contribution in [0.1, 0.15) is 54.0 Å². The van der Waals surface area contributed by atoms with Crippen molar-refractivity contribution in [3.05, 3.63) is 77.1 Å². The molecule has 1 aromatic heterocycles. The summed E-state index contributed by atoms with van der Waals surface area (Å²) in [5.41, 5.74) is -0.394. The molecule has 2 aliphatic carbocycles. The van der Waals surface area contributed by atoms with E-state index in [2.05, 4.69) is 15.3 Å². The number of nitrogens with zero attached hydrogens (tertiary/aromatic N) is 4. The van der Waals surface area contributed by atoms with E-state index in [9.17, 15) is 36.3 Å². The van der Waals surface area contributed by atoms with Crippen molar-refractivity contribution in [3.63, 3.8) is 0 Å². The minimum absolute atomic E-state index is 0.0341. The molecule has 0 bridgehead atoms. The Labute approximate surface area is 245 Å². The largest absolute Gasteiger partial charge is 0.416 e. The van der Waals surface area contributed by atoms with Crippen LogP contribution in [0.3, 0.4) is 0 Å². The third-order valence-electron chi connectivity index (χ3n) is 7.90. The normalized spacial score (nSPS) is 19.1. The average molecular weight is 616 g/mol. The van der Waals surface area contributed by atoms with Gasteiger partial charge in [0.25, 0.3) is 11.8 Å². The van der Waals surface area contributed by atoms with Crippen molar-refractivity contribution >= 4 is 33.3 Å². The second-order valence-corrected chi connectivity index (χ2v) is 13.3. The number of amides is 2. The van der Waals surface area contributed by atoms with Gasteiger partial charge in [0.1, 0.15) is 11.6 Å². The fourth-order valence-corrected chi connectivity index (χ4v) is 5.89. The number of carbonyl (C=O) groups excluding carboxylic acids is 2. The number of aromatic nitrogens is 2. The molecule has 10 nitrogen and oxygen atoms in total. The molecule has 0 radical (unpaired) electrons. The molecule has 0 unspecified atom stereocenters. The number of hydrogen-bond acceptors (Lipinski definition) is 8. The van der Waals surface area contributed by atoms with E-state index in [-0.39, 0.29) is 36.0 Å². The van der Waals surface area contributed by atoms with Crippen molar-refractivity contribution in [2.75, 3.05) is 16.5 Å². The van der Waals surface area contributed by atoms with Gasteiger partial charge < -0.3 is 20.2 Å². The first-order valence-electron chi connectivity index (χ1n) is 13.6. The Morgan fingerprint density at radius 3 is 2.30 bits per heavy atom. The first-order chi connectivity index (χ1) is 20.2. The lowest BCUT2D eigenvalue weighted by Gasteiger charge is -2.26. The highest BCUT2D eigenvalue weighted by molar-refractivity contribution is 7.90. The number of anilines is 2. The lowest BCUT2D eigenvalue weighted by molar-refractivity contribution is -0.148. The molecule has 14 heteroatoms. The first kappa shape index (κ1) is 29.1. The zero-order valence-corrected chi connectivity index (χ0v) is 23.8. The maximum atomic E-state index is 13.5. The molecule has 1 atom stereocenters. The molecular weight excluding hydrogens is 587 g/mol. The maximum Gasteiger partial charge on any atom is 0.416 e. The number of nitrogens with one attached hydrogen (secondary N) is 1. The van der Waals surface area contributed by atoms with Gasteiger partial charge in [-0.2, -0.15) is 13.2 Å². The van der Waals surface area contributed by atoms with Gasteiger partial charge in [-0.1, -0.05) is 18.2 Å². The maximum absolute atomic E-state index is 13.5. The van der Waals surface area contributed by atoms with Gasteiger partial charge in [0.15, 0.2) is 9.84 Å². The molecular formula is C29H28F3N5O5S. The monoisotopic (exact) mass is 615 g/mol. The zero-order valence-electron chi connectivity index (χ0n) is 23.0. The van der Waals surface area contributed by atoms with Crippen LogP contribution in [0.15, 0.2) is 59.8 Å². The quantitative estimate of drug-likeness (QED) is 0.393. The van der Waals surface area contributed by atoms with Crippen molar-refractivity contribution in [1.29, 1.82) is 0 Å². The number of alkyl halides is 3. The Morgan fingerprint density at radius 1 is 1.09 bits per heavy atom. The van der Waals surface area contributed by atoms with E-state index in [4.69, 9.17) is 0 Å². The molecule has 2 fully saturated rings. The van der Waals surface area contributed by atoms with E-state index in [0.717, 1.165) is 31.2 Å². The van der Waals surface area contributed by atoms with Gasteiger partial charge in [-0.25, -0.2) is 18.4 Å². The Hall–Kier alpha value is -4.04. The highest BCUT2D eigenvalue weighted by Crippen LogP contribution is 2.43. The van der Waals surface area contributed by atoms with Crippen molar-refractivity contribution < 1.29 is 36.3 Å². The molecule has 2 heterocycles. The van der Waals surface area contributed by atoms with E-state index in [1.165, 1.54) is 47.6 Å². The fourth-order valence-electron chi connectivity index (χ4n) is 5.22. The van der Waals surface area contributed by atoms with Crippen LogP contribution in [0.25, 0.3) is 0 Å². The SMILES string of the molecule is CS(=O)(=O)c1ccc2c(c1)CN(C(=O)C1(O)CC1)[C@H]2C(=O)Nc1cnc(N(Cc2ccc(C(F)(F)F)cc2)C2CC2)nc1. The number of halogens is 3. The van der Waals surface area contributed by atoms with Crippen LogP contribution >= 0.6 is 0 Å². The van der Waals surface area contributed by atoms with Crippen LogP contribution in [-0.4, -0.2) is 58.1 Å². The molecule has 226 valence electrons. The smallest absolute Gasteiger partial charge is 0.380 e. The van der Waals surface area contributed by atoms with Crippen molar-refractivity contribution in [2.45, 2.75) is 67.5 Å². The van der Waals surface area contributed by atoms with Gasteiger partial charge in [-0.15, -0.1) is 0 Å². The molecule has 3 aliphatic rings. The molecule has 0 saturated heterocycles. The summed E-state index contributed by atoms with van der Waals surface area (Å²) in [7, 11) is -3.52. The van der Waals surface area contributed by atoms with Crippen molar-refractivity contribution in [3.8, 4) is 0 Å². The molecule has 43 heavy (non-hydrogen) atoms. The number of carbonyl (C=O) groups is 2. The number of aliphatic hydroxyl groups is 1. The number of fused-ring (bicyclic) bond motifs is 1. The van der Waals surface area contributed by atoms with E-state index < -0.39 is 45.0 Å². The standard InChI is InChI=1S/C29H28F3N5O5S/c1-43(41,42)22-8-9-23-18(12-22)16-37(26(39)28(40)10-11-28)24(23)25(38)35-20-13-33-27(34-14-20)36(21-6-7-21)15-17-2-4-19(5-3-17)29(30,31)32/h2-5,8-9,12-14,21,24,40H,6-7,10-11,15-16H2,1H3,(H,35,38)/t24-/m1/s1. The summed E-state index contributed by atoms with van der Waals surface area (Å²) in [6, 6.07) is 8.30. The van der Waals surface area contributed by atoms with E-state index >= 15 is 0 Å². The number of hydrogen-bond donors (Lipinski definition) is 2.